The van der Waals surface area contributed by atoms with Gasteiger partial charge in [-0.3, -0.25) is 0 Å². The van der Waals surface area contributed by atoms with E-state index < -0.39 is 0 Å². The SMILES string of the molecule is COc1ccc(-c2cc(-c3ccc4oc(=O)c(-c5ccccc5)c(C)c4c3)nc3c2CCc2ccccc2-3)cc1. The van der Waals surface area contributed by atoms with E-state index in [1.54, 1.807) is 7.11 Å². The van der Waals surface area contributed by atoms with E-state index in [1.165, 1.54) is 22.3 Å². The number of hydrogen-bond donors (Lipinski definition) is 0. The van der Waals surface area contributed by atoms with Crippen LogP contribution in [-0.4, -0.2) is 12.1 Å². The molecule has 0 spiro atoms. The number of rotatable bonds is 4. The van der Waals surface area contributed by atoms with Gasteiger partial charge in [-0.25, -0.2) is 9.78 Å². The van der Waals surface area contributed by atoms with Crippen LogP contribution in [0.5, 0.6) is 5.75 Å². The summed E-state index contributed by atoms with van der Waals surface area (Å²) >= 11 is 0. The number of methoxy groups -OCH3 is 1. The smallest absolute Gasteiger partial charge is 0.344 e. The largest absolute Gasteiger partial charge is 0.497 e. The van der Waals surface area contributed by atoms with Crippen LogP contribution >= 0.6 is 0 Å². The first-order chi connectivity index (χ1) is 19.6. The third kappa shape index (κ3) is 4.00. The quantitative estimate of drug-likeness (QED) is 0.219. The summed E-state index contributed by atoms with van der Waals surface area (Å²) in [4.78, 5) is 18.2. The van der Waals surface area contributed by atoms with Crippen LogP contribution in [0.3, 0.4) is 0 Å². The molecule has 2 aromatic heterocycles. The summed E-state index contributed by atoms with van der Waals surface area (Å²) in [5, 5.41) is 0.905. The Kier molecular flexibility index (Phi) is 5.82. The number of nitrogens with zero attached hydrogens (tertiary/aromatic N) is 1. The normalized spacial score (nSPS) is 12.2. The zero-order valence-electron chi connectivity index (χ0n) is 22.4. The Morgan fingerprint density at radius 1 is 0.750 bits per heavy atom. The molecule has 0 saturated heterocycles. The van der Waals surface area contributed by atoms with E-state index in [2.05, 4.69) is 48.5 Å². The molecular weight excluding hydrogens is 494 g/mol. The minimum atomic E-state index is -0.325. The zero-order valence-corrected chi connectivity index (χ0v) is 22.4. The van der Waals surface area contributed by atoms with Crippen molar-refractivity contribution in [3.63, 3.8) is 0 Å². The standard InChI is InChI=1S/C36H27NO3/c1-22-30-20-26(15-19-33(30)40-36(38)34(22)25-9-4-3-5-10-25)32-21-31(24-12-16-27(39-2)17-13-24)29-18-14-23-8-6-7-11-28(23)35(29)37-32/h3-13,15-17,19-21H,14,18H2,1-2H3. The van der Waals surface area contributed by atoms with Crippen molar-refractivity contribution in [3.05, 3.63) is 130 Å². The highest BCUT2D eigenvalue weighted by Gasteiger charge is 2.23. The van der Waals surface area contributed by atoms with Crippen LogP contribution in [0.1, 0.15) is 16.7 Å². The van der Waals surface area contributed by atoms with Gasteiger partial charge >= 0.3 is 5.63 Å². The van der Waals surface area contributed by atoms with Crippen LogP contribution < -0.4 is 10.4 Å². The first-order valence-corrected chi connectivity index (χ1v) is 13.5. The van der Waals surface area contributed by atoms with Crippen molar-refractivity contribution in [2.75, 3.05) is 7.11 Å². The lowest BCUT2D eigenvalue weighted by molar-refractivity contribution is 0.415. The molecule has 1 aliphatic rings. The van der Waals surface area contributed by atoms with Gasteiger partial charge in [-0.15, -0.1) is 0 Å². The molecule has 4 heteroatoms. The van der Waals surface area contributed by atoms with Gasteiger partial charge in [-0.2, -0.15) is 0 Å². The highest BCUT2D eigenvalue weighted by atomic mass is 16.5. The highest BCUT2D eigenvalue weighted by molar-refractivity contribution is 5.91. The number of benzene rings is 4. The maximum atomic E-state index is 12.9. The van der Waals surface area contributed by atoms with E-state index >= 15 is 0 Å². The zero-order chi connectivity index (χ0) is 27.2. The number of aryl methyl sites for hydroxylation is 2. The van der Waals surface area contributed by atoms with Crippen LogP contribution in [0.4, 0.5) is 0 Å². The Morgan fingerprint density at radius 2 is 1.50 bits per heavy atom. The molecule has 0 saturated carbocycles. The first kappa shape index (κ1) is 24.1. The molecule has 4 aromatic carbocycles. The number of aromatic nitrogens is 1. The van der Waals surface area contributed by atoms with Crippen molar-refractivity contribution < 1.29 is 9.15 Å². The lowest BCUT2D eigenvalue weighted by atomic mass is 9.84. The second kappa shape index (κ2) is 9.65. The number of pyridine rings is 1. The minimum absolute atomic E-state index is 0.325. The molecule has 0 bridgehead atoms. The summed E-state index contributed by atoms with van der Waals surface area (Å²) in [6.45, 7) is 1.99. The van der Waals surface area contributed by atoms with Gasteiger partial charge in [0.1, 0.15) is 11.3 Å². The van der Waals surface area contributed by atoms with Crippen molar-refractivity contribution >= 4 is 11.0 Å². The predicted molar refractivity (Wildman–Crippen MR) is 161 cm³/mol. The van der Waals surface area contributed by atoms with Gasteiger partial charge in [0.05, 0.1) is 24.1 Å². The van der Waals surface area contributed by atoms with E-state index in [1.807, 2.05) is 61.5 Å². The third-order valence-electron chi connectivity index (χ3n) is 7.97. The van der Waals surface area contributed by atoms with E-state index in [9.17, 15) is 4.79 Å². The molecule has 0 unspecified atom stereocenters. The summed E-state index contributed by atoms with van der Waals surface area (Å²) in [5.74, 6) is 0.831. The average Bonchev–Trinajstić information content (AvgIpc) is 3.01. The molecule has 0 aliphatic heterocycles. The maximum absolute atomic E-state index is 12.9. The molecule has 0 radical (unpaired) electrons. The van der Waals surface area contributed by atoms with Gasteiger partial charge in [0.2, 0.25) is 0 Å². The van der Waals surface area contributed by atoms with Gasteiger partial charge in [-0.05, 0) is 89.5 Å². The predicted octanol–water partition coefficient (Wildman–Crippen LogP) is 8.27. The lowest BCUT2D eigenvalue weighted by Crippen LogP contribution is -2.08. The molecule has 2 heterocycles. The van der Waals surface area contributed by atoms with Crippen molar-refractivity contribution in [3.8, 4) is 50.5 Å². The van der Waals surface area contributed by atoms with Crippen molar-refractivity contribution in [1.82, 2.24) is 4.98 Å². The van der Waals surface area contributed by atoms with E-state index in [4.69, 9.17) is 14.1 Å². The molecule has 6 aromatic rings. The topological polar surface area (TPSA) is 52.3 Å². The Bertz CT molecular complexity index is 1950. The molecule has 0 N–H and O–H groups in total. The van der Waals surface area contributed by atoms with Crippen molar-refractivity contribution in [1.29, 1.82) is 0 Å². The number of ether oxygens (including phenoxy) is 1. The van der Waals surface area contributed by atoms with Crippen LogP contribution in [0.25, 0.3) is 55.7 Å². The van der Waals surface area contributed by atoms with Gasteiger partial charge in [0, 0.05) is 16.5 Å². The Balaban J connectivity index is 1.45. The van der Waals surface area contributed by atoms with E-state index in [-0.39, 0.29) is 5.63 Å². The fourth-order valence-corrected chi connectivity index (χ4v) is 5.90. The summed E-state index contributed by atoms with van der Waals surface area (Å²) in [5.41, 5.74) is 11.6. The summed E-state index contributed by atoms with van der Waals surface area (Å²) in [6.07, 6.45) is 1.92. The van der Waals surface area contributed by atoms with E-state index in [0.717, 1.165) is 57.6 Å². The minimum Gasteiger partial charge on any atom is -0.497 e. The molecular formula is C36H27NO3. The molecule has 4 nitrogen and oxygen atoms in total. The van der Waals surface area contributed by atoms with Gasteiger partial charge in [0.25, 0.3) is 0 Å². The van der Waals surface area contributed by atoms with E-state index in [0.29, 0.717) is 11.1 Å². The second-order valence-electron chi connectivity index (χ2n) is 10.2. The molecule has 1 aliphatic carbocycles. The third-order valence-corrected chi connectivity index (χ3v) is 7.97. The Morgan fingerprint density at radius 3 is 2.30 bits per heavy atom. The summed E-state index contributed by atoms with van der Waals surface area (Å²) in [7, 11) is 1.69. The monoisotopic (exact) mass is 521 g/mol. The molecule has 0 atom stereocenters. The fourth-order valence-electron chi connectivity index (χ4n) is 5.90. The molecule has 0 amide bonds. The number of fused-ring (bicyclic) bond motifs is 4. The maximum Gasteiger partial charge on any atom is 0.344 e. The average molecular weight is 522 g/mol. The summed E-state index contributed by atoms with van der Waals surface area (Å²) in [6, 6.07) is 34.7. The van der Waals surface area contributed by atoms with Gasteiger partial charge in [-0.1, -0.05) is 66.7 Å². The summed E-state index contributed by atoms with van der Waals surface area (Å²) < 4.78 is 11.2. The molecule has 194 valence electrons. The fraction of sp³-hybridized carbons (Fsp3) is 0.111. The van der Waals surface area contributed by atoms with Crippen LogP contribution in [0.2, 0.25) is 0 Å². The Hall–Kier alpha value is -4.96. The Labute approximate surface area is 232 Å². The van der Waals surface area contributed by atoms with Crippen LogP contribution in [-0.2, 0) is 12.8 Å². The molecule has 40 heavy (non-hydrogen) atoms. The lowest BCUT2D eigenvalue weighted by Gasteiger charge is -2.23. The number of hydrogen-bond acceptors (Lipinski definition) is 4. The van der Waals surface area contributed by atoms with Crippen LogP contribution in [0.15, 0.2) is 112 Å². The first-order valence-electron chi connectivity index (χ1n) is 13.5. The second-order valence-corrected chi connectivity index (χ2v) is 10.2. The van der Waals surface area contributed by atoms with Crippen molar-refractivity contribution in [2.45, 2.75) is 19.8 Å². The molecule has 7 rings (SSSR count). The van der Waals surface area contributed by atoms with Gasteiger partial charge < -0.3 is 9.15 Å². The molecule has 0 fully saturated rings. The van der Waals surface area contributed by atoms with Crippen LogP contribution in [0, 0.1) is 6.92 Å². The van der Waals surface area contributed by atoms with Gasteiger partial charge in [0.15, 0.2) is 0 Å². The van der Waals surface area contributed by atoms with Crippen molar-refractivity contribution in [2.24, 2.45) is 0 Å². The highest BCUT2D eigenvalue weighted by Crippen LogP contribution is 2.41.